The summed E-state index contributed by atoms with van der Waals surface area (Å²) in [5.74, 6) is 0.795. The van der Waals surface area contributed by atoms with E-state index in [1.54, 1.807) is 7.11 Å². The molecule has 0 bridgehead atoms. The van der Waals surface area contributed by atoms with Crippen LogP contribution in [0.15, 0.2) is 11.6 Å². The molecule has 1 atom stereocenters. The fourth-order valence-electron chi connectivity index (χ4n) is 3.78. The smallest absolute Gasteiger partial charge is 0.249 e. The first-order valence-electron chi connectivity index (χ1n) is 7.86. The molecule has 1 unspecified atom stereocenters. The molecule has 0 aromatic rings. The Morgan fingerprint density at radius 2 is 2.35 bits per heavy atom. The number of amides is 1. The van der Waals surface area contributed by atoms with Crippen molar-refractivity contribution in [3.05, 3.63) is 11.6 Å². The van der Waals surface area contributed by atoms with Gasteiger partial charge in [-0.05, 0) is 44.4 Å². The van der Waals surface area contributed by atoms with E-state index in [0.717, 1.165) is 64.0 Å². The van der Waals surface area contributed by atoms with Crippen LogP contribution in [0.25, 0.3) is 0 Å². The fraction of sp³-hybridized carbons (Fsp3) is 0.812. The number of rotatable bonds is 4. The molecule has 4 nitrogen and oxygen atoms in total. The number of hydrogen-bond acceptors (Lipinski definition) is 3. The van der Waals surface area contributed by atoms with E-state index in [9.17, 15) is 4.79 Å². The number of likely N-dealkylation sites (tertiary alicyclic amines) is 1. The zero-order valence-electron chi connectivity index (χ0n) is 12.4. The maximum atomic E-state index is 12.4. The van der Waals surface area contributed by atoms with Gasteiger partial charge in [0.1, 0.15) is 5.60 Å². The molecule has 3 aliphatic rings. The monoisotopic (exact) mass is 279 g/mol. The van der Waals surface area contributed by atoms with Crippen LogP contribution in [-0.4, -0.2) is 49.8 Å². The van der Waals surface area contributed by atoms with Crippen LogP contribution in [0.1, 0.15) is 38.5 Å². The maximum absolute atomic E-state index is 12.4. The lowest BCUT2D eigenvalue weighted by atomic mass is 9.78. The number of ether oxygens (including phenoxy) is 2. The lowest BCUT2D eigenvalue weighted by Crippen LogP contribution is -2.66. The maximum Gasteiger partial charge on any atom is 0.249 e. The fourth-order valence-corrected chi connectivity index (χ4v) is 3.78. The molecule has 0 radical (unpaired) electrons. The summed E-state index contributed by atoms with van der Waals surface area (Å²) in [6.07, 6.45) is 8.68. The average molecular weight is 279 g/mol. The molecule has 4 heteroatoms. The van der Waals surface area contributed by atoms with E-state index in [1.807, 2.05) is 4.90 Å². The molecular weight excluding hydrogens is 254 g/mol. The van der Waals surface area contributed by atoms with Gasteiger partial charge >= 0.3 is 0 Å². The molecule has 2 heterocycles. The van der Waals surface area contributed by atoms with Gasteiger partial charge in [-0.3, -0.25) is 4.79 Å². The molecule has 1 aliphatic carbocycles. The Hall–Kier alpha value is -0.870. The van der Waals surface area contributed by atoms with Gasteiger partial charge in [0.25, 0.3) is 0 Å². The Morgan fingerprint density at radius 3 is 3.05 bits per heavy atom. The molecule has 0 aromatic heterocycles. The molecule has 2 saturated heterocycles. The van der Waals surface area contributed by atoms with E-state index in [-0.39, 0.29) is 11.5 Å². The molecule has 1 spiro atoms. The predicted molar refractivity (Wildman–Crippen MR) is 76.4 cm³/mol. The molecule has 2 aliphatic heterocycles. The summed E-state index contributed by atoms with van der Waals surface area (Å²) in [6, 6.07) is 0. The highest BCUT2D eigenvalue weighted by Gasteiger charge is 2.54. The van der Waals surface area contributed by atoms with Crippen molar-refractivity contribution in [1.29, 1.82) is 0 Å². The van der Waals surface area contributed by atoms with Crippen molar-refractivity contribution in [3.8, 4) is 0 Å². The van der Waals surface area contributed by atoms with E-state index in [1.165, 1.54) is 6.42 Å². The summed E-state index contributed by atoms with van der Waals surface area (Å²) in [4.78, 5) is 14.4. The van der Waals surface area contributed by atoms with Gasteiger partial charge < -0.3 is 14.4 Å². The van der Waals surface area contributed by atoms with Crippen molar-refractivity contribution in [2.24, 2.45) is 5.92 Å². The van der Waals surface area contributed by atoms with Crippen LogP contribution in [0.3, 0.4) is 0 Å². The summed E-state index contributed by atoms with van der Waals surface area (Å²) in [5, 5.41) is 0. The van der Waals surface area contributed by atoms with E-state index in [0.29, 0.717) is 5.92 Å². The second kappa shape index (κ2) is 5.86. The highest BCUT2D eigenvalue weighted by Crippen LogP contribution is 2.42. The molecule has 2 fully saturated rings. The van der Waals surface area contributed by atoms with Crippen LogP contribution < -0.4 is 0 Å². The number of carbonyl (C=O) groups excluding carboxylic acids is 1. The van der Waals surface area contributed by atoms with Gasteiger partial charge in [-0.15, -0.1) is 0 Å². The van der Waals surface area contributed by atoms with Crippen LogP contribution in [0.2, 0.25) is 0 Å². The Morgan fingerprint density at radius 1 is 1.50 bits per heavy atom. The van der Waals surface area contributed by atoms with Crippen molar-refractivity contribution in [3.63, 3.8) is 0 Å². The van der Waals surface area contributed by atoms with Gasteiger partial charge in [0, 0.05) is 25.9 Å². The highest BCUT2D eigenvalue weighted by atomic mass is 16.5. The third kappa shape index (κ3) is 2.51. The molecule has 1 amide bonds. The summed E-state index contributed by atoms with van der Waals surface area (Å²) in [7, 11) is 1.74. The Bertz CT molecular complexity index is 399. The molecule has 112 valence electrons. The summed E-state index contributed by atoms with van der Waals surface area (Å²) in [6.45, 7) is 3.17. The zero-order chi connectivity index (χ0) is 14.0. The minimum absolute atomic E-state index is 0.0661. The van der Waals surface area contributed by atoms with Crippen LogP contribution in [0.5, 0.6) is 0 Å². The third-order valence-electron chi connectivity index (χ3n) is 5.04. The highest BCUT2D eigenvalue weighted by molar-refractivity contribution is 5.94. The van der Waals surface area contributed by atoms with Gasteiger partial charge in [-0.2, -0.15) is 0 Å². The summed E-state index contributed by atoms with van der Waals surface area (Å²) >= 11 is 0. The van der Waals surface area contributed by atoms with Crippen molar-refractivity contribution < 1.29 is 14.3 Å². The largest absolute Gasteiger partial charge is 0.385 e. The van der Waals surface area contributed by atoms with Crippen LogP contribution in [0.4, 0.5) is 0 Å². The van der Waals surface area contributed by atoms with Crippen LogP contribution in [0, 0.1) is 5.92 Å². The predicted octanol–water partition coefficient (Wildman–Crippen LogP) is 2.14. The van der Waals surface area contributed by atoms with Gasteiger partial charge in [0.15, 0.2) is 0 Å². The van der Waals surface area contributed by atoms with Crippen molar-refractivity contribution >= 4 is 5.91 Å². The SMILES string of the molecule is COCCC1CCOC12CN(C(=O)C1=CCCCC1)C2. The lowest BCUT2D eigenvalue weighted by molar-refractivity contribution is -0.162. The number of methoxy groups -OCH3 is 1. The molecule has 0 N–H and O–H groups in total. The zero-order valence-corrected chi connectivity index (χ0v) is 12.4. The molecule has 3 rings (SSSR count). The number of carbonyl (C=O) groups is 1. The Labute approximate surface area is 121 Å². The lowest BCUT2D eigenvalue weighted by Gasteiger charge is -2.50. The van der Waals surface area contributed by atoms with Gasteiger partial charge in [-0.1, -0.05) is 6.08 Å². The first kappa shape index (κ1) is 14.1. The Balaban J connectivity index is 1.56. The van der Waals surface area contributed by atoms with E-state index in [2.05, 4.69) is 6.08 Å². The van der Waals surface area contributed by atoms with E-state index >= 15 is 0 Å². The minimum atomic E-state index is -0.0661. The standard InChI is InChI=1S/C16H25NO3/c1-19-9-7-14-8-10-20-16(14)11-17(12-16)15(18)13-5-3-2-4-6-13/h5,14H,2-4,6-12H2,1H3. The first-order valence-corrected chi connectivity index (χ1v) is 7.86. The normalized spacial score (nSPS) is 28.4. The summed E-state index contributed by atoms with van der Waals surface area (Å²) in [5.41, 5.74) is 0.959. The quantitative estimate of drug-likeness (QED) is 0.791. The summed E-state index contributed by atoms with van der Waals surface area (Å²) < 4.78 is 11.2. The minimum Gasteiger partial charge on any atom is -0.385 e. The Kier molecular flexibility index (Phi) is 4.13. The molecule has 20 heavy (non-hydrogen) atoms. The van der Waals surface area contributed by atoms with Crippen molar-refractivity contribution in [2.75, 3.05) is 33.4 Å². The average Bonchev–Trinajstić information content (AvgIpc) is 2.87. The van der Waals surface area contributed by atoms with Crippen LogP contribution >= 0.6 is 0 Å². The van der Waals surface area contributed by atoms with Gasteiger partial charge in [-0.25, -0.2) is 0 Å². The van der Waals surface area contributed by atoms with E-state index < -0.39 is 0 Å². The van der Waals surface area contributed by atoms with Crippen molar-refractivity contribution in [1.82, 2.24) is 4.90 Å². The third-order valence-corrected chi connectivity index (χ3v) is 5.04. The second-order valence-corrected chi connectivity index (χ2v) is 6.32. The number of allylic oxidation sites excluding steroid dienone is 1. The second-order valence-electron chi connectivity index (χ2n) is 6.32. The topological polar surface area (TPSA) is 38.8 Å². The van der Waals surface area contributed by atoms with Crippen LogP contribution in [-0.2, 0) is 14.3 Å². The molecule has 0 aromatic carbocycles. The first-order chi connectivity index (χ1) is 9.75. The van der Waals surface area contributed by atoms with Gasteiger partial charge in [0.05, 0.1) is 13.1 Å². The number of hydrogen-bond donors (Lipinski definition) is 0. The number of nitrogens with zero attached hydrogens (tertiary/aromatic N) is 1. The van der Waals surface area contributed by atoms with Gasteiger partial charge in [0.2, 0.25) is 5.91 Å². The van der Waals surface area contributed by atoms with Crippen molar-refractivity contribution in [2.45, 2.75) is 44.1 Å². The van der Waals surface area contributed by atoms with E-state index in [4.69, 9.17) is 9.47 Å². The molecule has 0 saturated carbocycles. The molecular formula is C16H25NO3.